The van der Waals surface area contributed by atoms with Gasteiger partial charge in [0.25, 0.3) is 0 Å². The molecule has 0 bridgehead atoms. The molecule has 1 saturated heterocycles. The van der Waals surface area contributed by atoms with Crippen LogP contribution in [0.1, 0.15) is 24.0 Å². The van der Waals surface area contributed by atoms with Gasteiger partial charge in [-0.25, -0.2) is 0 Å². The van der Waals surface area contributed by atoms with E-state index in [1.807, 2.05) is 14.1 Å². The van der Waals surface area contributed by atoms with Gasteiger partial charge >= 0.3 is 6.18 Å². The molecule has 0 radical (unpaired) electrons. The van der Waals surface area contributed by atoms with Crippen molar-refractivity contribution < 1.29 is 13.2 Å². The maximum absolute atomic E-state index is 13.1. The predicted octanol–water partition coefficient (Wildman–Crippen LogP) is 2.81. The second kappa shape index (κ2) is 6.23. The largest absolute Gasteiger partial charge is 0.416 e. The van der Waals surface area contributed by atoms with Crippen LogP contribution in [0.3, 0.4) is 0 Å². The molecule has 0 amide bonds. The Kier molecular flexibility index (Phi) is 4.78. The summed E-state index contributed by atoms with van der Waals surface area (Å²) in [6.07, 6.45) is -2.25. The lowest BCUT2D eigenvalue weighted by atomic mass is 10.0. The Morgan fingerprint density at radius 3 is 2.67 bits per heavy atom. The molecule has 1 atom stereocenters. The Morgan fingerprint density at radius 1 is 1.33 bits per heavy atom. The van der Waals surface area contributed by atoms with Crippen molar-refractivity contribution in [3.63, 3.8) is 0 Å². The Balaban J connectivity index is 2.16. The first-order valence-corrected chi connectivity index (χ1v) is 7.12. The number of nitrogens with two attached hydrogens (primary N) is 1. The fourth-order valence-electron chi connectivity index (χ4n) is 2.83. The average Bonchev–Trinajstić information content (AvgIpc) is 2.40. The van der Waals surface area contributed by atoms with Crippen molar-refractivity contribution in [1.82, 2.24) is 9.80 Å². The lowest BCUT2D eigenvalue weighted by Crippen LogP contribution is -2.44. The summed E-state index contributed by atoms with van der Waals surface area (Å²) in [6.45, 7) is 1.96. The van der Waals surface area contributed by atoms with Crippen molar-refractivity contribution in [3.05, 3.63) is 29.3 Å². The quantitative estimate of drug-likeness (QED) is 0.871. The average molecular weight is 301 g/mol. The van der Waals surface area contributed by atoms with E-state index >= 15 is 0 Å². The van der Waals surface area contributed by atoms with Gasteiger partial charge in [0.2, 0.25) is 0 Å². The van der Waals surface area contributed by atoms with E-state index in [0.29, 0.717) is 18.2 Å². The Morgan fingerprint density at radius 2 is 2.05 bits per heavy atom. The van der Waals surface area contributed by atoms with Crippen molar-refractivity contribution in [3.8, 4) is 0 Å². The minimum atomic E-state index is -4.36. The van der Waals surface area contributed by atoms with Crippen LogP contribution in [0.2, 0.25) is 0 Å². The first kappa shape index (κ1) is 16.1. The zero-order valence-electron chi connectivity index (χ0n) is 12.5. The third-order valence-electron chi connectivity index (χ3n) is 4.04. The van der Waals surface area contributed by atoms with E-state index in [0.717, 1.165) is 32.0 Å². The molecule has 1 aliphatic rings. The summed E-state index contributed by atoms with van der Waals surface area (Å²) >= 11 is 0. The van der Waals surface area contributed by atoms with Crippen LogP contribution in [0.25, 0.3) is 0 Å². The molecule has 21 heavy (non-hydrogen) atoms. The summed E-state index contributed by atoms with van der Waals surface area (Å²) < 4.78 is 39.3. The molecule has 118 valence electrons. The van der Waals surface area contributed by atoms with Gasteiger partial charge in [-0.1, -0.05) is 6.07 Å². The van der Waals surface area contributed by atoms with Crippen molar-refractivity contribution in [2.24, 2.45) is 0 Å². The number of nitrogen functional groups attached to an aromatic ring is 1. The maximum atomic E-state index is 13.1. The molecule has 6 heteroatoms. The number of nitrogens with zero attached hydrogens (tertiary/aromatic N) is 2. The fourth-order valence-corrected chi connectivity index (χ4v) is 2.83. The third-order valence-corrected chi connectivity index (χ3v) is 4.04. The van der Waals surface area contributed by atoms with Gasteiger partial charge in [0.05, 0.1) is 5.56 Å². The molecule has 2 N–H and O–H groups in total. The smallest absolute Gasteiger partial charge is 0.399 e. The first-order valence-electron chi connectivity index (χ1n) is 7.12. The maximum Gasteiger partial charge on any atom is 0.416 e. The van der Waals surface area contributed by atoms with E-state index in [2.05, 4.69) is 9.80 Å². The zero-order valence-corrected chi connectivity index (χ0v) is 12.5. The lowest BCUT2D eigenvalue weighted by Gasteiger charge is -2.36. The van der Waals surface area contributed by atoms with Crippen LogP contribution < -0.4 is 5.73 Å². The molecule has 0 aromatic heterocycles. The van der Waals surface area contributed by atoms with E-state index in [1.54, 1.807) is 0 Å². The normalized spacial score (nSPS) is 21.0. The molecule has 3 nitrogen and oxygen atoms in total. The Bertz CT molecular complexity index is 486. The SMILES string of the molecule is CN(C)C1CCCN(Cc2ccc(N)cc2C(F)(F)F)C1. The minimum Gasteiger partial charge on any atom is -0.399 e. The molecule has 1 fully saturated rings. The predicted molar refractivity (Wildman–Crippen MR) is 77.8 cm³/mol. The monoisotopic (exact) mass is 301 g/mol. The summed E-state index contributed by atoms with van der Waals surface area (Å²) in [5, 5.41) is 0. The summed E-state index contributed by atoms with van der Waals surface area (Å²) in [5.41, 5.74) is 5.33. The molecule has 0 aliphatic carbocycles. The Hall–Kier alpha value is -1.27. The number of benzene rings is 1. The van der Waals surface area contributed by atoms with E-state index in [-0.39, 0.29) is 5.69 Å². The number of rotatable bonds is 3. The van der Waals surface area contributed by atoms with Crippen molar-refractivity contribution in [2.45, 2.75) is 31.6 Å². The number of halogens is 3. The van der Waals surface area contributed by atoms with Crippen molar-refractivity contribution in [1.29, 1.82) is 0 Å². The number of anilines is 1. The second-order valence-electron chi connectivity index (χ2n) is 5.91. The summed E-state index contributed by atoms with van der Waals surface area (Å²) in [6, 6.07) is 4.47. The molecular weight excluding hydrogens is 279 g/mol. The van der Waals surface area contributed by atoms with Crippen LogP contribution in [-0.2, 0) is 12.7 Å². The van der Waals surface area contributed by atoms with Crippen molar-refractivity contribution in [2.75, 3.05) is 32.9 Å². The number of hydrogen-bond donors (Lipinski definition) is 1. The standard InChI is InChI=1S/C15H22F3N3/c1-20(2)13-4-3-7-21(10-13)9-11-5-6-12(19)8-14(11)15(16,17)18/h5-6,8,13H,3-4,7,9-10,19H2,1-2H3. The molecule has 1 aromatic carbocycles. The van der Waals surface area contributed by atoms with Gasteiger partial charge < -0.3 is 10.6 Å². The minimum absolute atomic E-state index is 0.149. The highest BCUT2D eigenvalue weighted by atomic mass is 19.4. The summed E-state index contributed by atoms with van der Waals surface area (Å²) in [7, 11) is 4.02. The Labute approximate surface area is 123 Å². The van der Waals surface area contributed by atoms with E-state index < -0.39 is 11.7 Å². The van der Waals surface area contributed by atoms with Crippen LogP contribution >= 0.6 is 0 Å². The number of hydrogen-bond acceptors (Lipinski definition) is 3. The molecule has 2 rings (SSSR count). The number of likely N-dealkylation sites (tertiary alicyclic amines) is 1. The molecule has 1 heterocycles. The lowest BCUT2D eigenvalue weighted by molar-refractivity contribution is -0.138. The van der Waals surface area contributed by atoms with Gasteiger partial charge in [-0.05, 0) is 51.2 Å². The van der Waals surface area contributed by atoms with Gasteiger partial charge in [-0.2, -0.15) is 13.2 Å². The highest BCUT2D eigenvalue weighted by molar-refractivity contribution is 5.46. The molecule has 1 aliphatic heterocycles. The van der Waals surface area contributed by atoms with Crippen LogP contribution in [0.5, 0.6) is 0 Å². The number of piperidine rings is 1. The van der Waals surface area contributed by atoms with Crippen LogP contribution in [0.4, 0.5) is 18.9 Å². The highest BCUT2D eigenvalue weighted by Crippen LogP contribution is 2.34. The second-order valence-corrected chi connectivity index (χ2v) is 5.91. The topological polar surface area (TPSA) is 32.5 Å². The number of alkyl halides is 3. The van der Waals surface area contributed by atoms with Crippen LogP contribution in [-0.4, -0.2) is 43.0 Å². The highest BCUT2D eigenvalue weighted by Gasteiger charge is 2.34. The molecule has 0 spiro atoms. The molecule has 0 saturated carbocycles. The van der Waals surface area contributed by atoms with Gasteiger partial charge in [-0.15, -0.1) is 0 Å². The number of likely N-dealkylation sites (N-methyl/N-ethyl adjacent to an activating group) is 1. The van der Waals surface area contributed by atoms with E-state index in [1.165, 1.54) is 12.1 Å². The van der Waals surface area contributed by atoms with E-state index in [4.69, 9.17) is 5.73 Å². The fraction of sp³-hybridized carbons (Fsp3) is 0.600. The van der Waals surface area contributed by atoms with Crippen LogP contribution in [0, 0.1) is 0 Å². The van der Waals surface area contributed by atoms with Gasteiger partial charge in [0, 0.05) is 24.8 Å². The molecule has 1 unspecified atom stereocenters. The molecular formula is C15H22F3N3. The first-order chi connectivity index (χ1) is 9.77. The third kappa shape index (κ3) is 4.11. The van der Waals surface area contributed by atoms with Gasteiger partial charge in [-0.3, -0.25) is 4.90 Å². The molecule has 1 aromatic rings. The van der Waals surface area contributed by atoms with Gasteiger partial charge in [0.1, 0.15) is 0 Å². The van der Waals surface area contributed by atoms with Crippen molar-refractivity contribution >= 4 is 5.69 Å². The summed E-state index contributed by atoms with van der Waals surface area (Å²) in [4.78, 5) is 4.23. The zero-order chi connectivity index (χ0) is 15.6. The van der Waals surface area contributed by atoms with E-state index in [9.17, 15) is 13.2 Å². The summed E-state index contributed by atoms with van der Waals surface area (Å²) in [5.74, 6) is 0. The van der Waals surface area contributed by atoms with Gasteiger partial charge in [0.15, 0.2) is 0 Å². The van der Waals surface area contributed by atoms with Crippen LogP contribution in [0.15, 0.2) is 18.2 Å².